The van der Waals surface area contributed by atoms with Crippen LogP contribution in [0.2, 0.25) is 5.02 Å². The quantitative estimate of drug-likeness (QED) is 0.637. The lowest BCUT2D eigenvalue weighted by Crippen LogP contribution is -2.48. The van der Waals surface area contributed by atoms with Crippen molar-refractivity contribution in [3.63, 3.8) is 0 Å². The first-order valence-corrected chi connectivity index (χ1v) is 12.7. The zero-order valence-electron chi connectivity index (χ0n) is 17.8. The Morgan fingerprint density at radius 1 is 1.22 bits per heavy atom. The molecule has 2 aromatic rings. The van der Waals surface area contributed by atoms with Crippen molar-refractivity contribution in [1.82, 2.24) is 20.4 Å². The minimum atomic E-state index is -3.29. The number of benzene rings is 1. The molecule has 2 amide bonds. The lowest BCUT2D eigenvalue weighted by atomic mass is 10.0. The van der Waals surface area contributed by atoms with Gasteiger partial charge in [0.05, 0.1) is 9.49 Å². The highest BCUT2D eigenvalue weighted by Crippen LogP contribution is 2.56. The number of carbonyl (C=O) groups is 2. The molecule has 32 heavy (non-hydrogen) atoms. The van der Waals surface area contributed by atoms with Gasteiger partial charge in [-0.05, 0) is 56.7 Å². The van der Waals surface area contributed by atoms with Crippen LogP contribution in [0.3, 0.4) is 0 Å². The molecule has 0 saturated heterocycles. The van der Waals surface area contributed by atoms with Gasteiger partial charge in [0, 0.05) is 30.2 Å². The molecule has 170 valence electrons. The summed E-state index contributed by atoms with van der Waals surface area (Å²) in [5.74, 6) is -0.653. The average molecular weight is 477 g/mol. The van der Waals surface area contributed by atoms with Crippen molar-refractivity contribution in [2.45, 2.75) is 55.1 Å². The SMILES string of the molecule is CC1(S(=O)(=O)C2(CN3CCc4c(C(=O)NCc5ccc(Cl)cc5)n[nH]c4C3=O)CC2)CC1. The average Bonchev–Trinajstić information content (AvgIpc) is 3.67. The molecule has 1 aromatic carbocycles. The summed E-state index contributed by atoms with van der Waals surface area (Å²) < 4.78 is 24.8. The van der Waals surface area contributed by atoms with E-state index >= 15 is 0 Å². The Hall–Kier alpha value is -2.39. The zero-order chi connectivity index (χ0) is 22.7. The van der Waals surface area contributed by atoms with Crippen molar-refractivity contribution in [2.24, 2.45) is 0 Å². The van der Waals surface area contributed by atoms with Crippen LogP contribution in [-0.4, -0.2) is 57.9 Å². The van der Waals surface area contributed by atoms with Gasteiger partial charge in [0.25, 0.3) is 11.8 Å². The Kier molecular flexibility index (Phi) is 4.90. The van der Waals surface area contributed by atoms with Crippen molar-refractivity contribution in [1.29, 1.82) is 0 Å². The van der Waals surface area contributed by atoms with Gasteiger partial charge in [0.1, 0.15) is 5.69 Å². The normalized spacial score (nSPS) is 20.6. The molecular weight excluding hydrogens is 452 g/mol. The second-order valence-corrected chi connectivity index (χ2v) is 12.6. The monoisotopic (exact) mass is 476 g/mol. The molecule has 0 unspecified atom stereocenters. The minimum Gasteiger partial charge on any atom is -0.347 e. The predicted octanol–water partition coefficient (Wildman–Crippen LogP) is 2.49. The Bertz CT molecular complexity index is 1200. The maximum absolute atomic E-state index is 13.1. The highest BCUT2D eigenvalue weighted by molar-refractivity contribution is 7.94. The second kappa shape index (κ2) is 7.31. The summed E-state index contributed by atoms with van der Waals surface area (Å²) in [7, 11) is -3.29. The molecule has 3 aliphatic rings. The van der Waals surface area contributed by atoms with Crippen molar-refractivity contribution in [2.75, 3.05) is 13.1 Å². The van der Waals surface area contributed by atoms with Crippen LogP contribution in [-0.2, 0) is 22.8 Å². The number of H-pyrrole nitrogens is 1. The molecule has 5 rings (SSSR count). The van der Waals surface area contributed by atoms with Crippen LogP contribution < -0.4 is 5.32 Å². The smallest absolute Gasteiger partial charge is 0.272 e. The van der Waals surface area contributed by atoms with Gasteiger partial charge in [-0.15, -0.1) is 0 Å². The molecule has 10 heteroatoms. The molecule has 2 saturated carbocycles. The number of aromatic amines is 1. The Morgan fingerprint density at radius 2 is 1.91 bits per heavy atom. The molecule has 2 N–H and O–H groups in total. The van der Waals surface area contributed by atoms with E-state index in [4.69, 9.17) is 11.6 Å². The van der Waals surface area contributed by atoms with E-state index < -0.39 is 19.3 Å². The van der Waals surface area contributed by atoms with Gasteiger partial charge < -0.3 is 10.2 Å². The fourth-order valence-electron chi connectivity index (χ4n) is 4.47. The largest absolute Gasteiger partial charge is 0.347 e. The van der Waals surface area contributed by atoms with Crippen LogP contribution in [0.15, 0.2) is 24.3 Å². The van der Waals surface area contributed by atoms with E-state index in [1.54, 1.807) is 17.0 Å². The van der Waals surface area contributed by atoms with E-state index in [1.165, 1.54) is 0 Å². The predicted molar refractivity (Wildman–Crippen MR) is 119 cm³/mol. The molecular formula is C22H25ClN4O4S. The van der Waals surface area contributed by atoms with Crippen molar-refractivity contribution in [3.8, 4) is 0 Å². The first-order chi connectivity index (χ1) is 15.2. The second-order valence-electron chi connectivity index (χ2n) is 9.35. The van der Waals surface area contributed by atoms with E-state index in [9.17, 15) is 18.0 Å². The Balaban J connectivity index is 1.28. The molecule has 0 spiro atoms. The van der Waals surface area contributed by atoms with Gasteiger partial charge in [-0.3, -0.25) is 14.7 Å². The first kappa shape index (κ1) is 21.5. The molecule has 2 fully saturated rings. The van der Waals surface area contributed by atoms with Crippen LogP contribution >= 0.6 is 11.6 Å². The topological polar surface area (TPSA) is 112 Å². The minimum absolute atomic E-state index is 0.209. The third-order valence-electron chi connectivity index (χ3n) is 7.04. The summed E-state index contributed by atoms with van der Waals surface area (Å²) in [5, 5.41) is 10.2. The van der Waals surface area contributed by atoms with Crippen LogP contribution in [0.4, 0.5) is 0 Å². The highest BCUT2D eigenvalue weighted by atomic mass is 35.5. The summed E-state index contributed by atoms with van der Waals surface area (Å²) in [4.78, 5) is 27.4. The van der Waals surface area contributed by atoms with Crippen LogP contribution in [0, 0.1) is 0 Å². The van der Waals surface area contributed by atoms with Crippen molar-refractivity contribution < 1.29 is 18.0 Å². The molecule has 2 aliphatic carbocycles. The Morgan fingerprint density at radius 3 is 2.53 bits per heavy atom. The number of halogens is 1. The molecule has 8 nitrogen and oxygen atoms in total. The summed E-state index contributed by atoms with van der Waals surface area (Å²) in [6, 6.07) is 7.16. The lowest BCUT2D eigenvalue weighted by molar-refractivity contribution is 0.0730. The maximum Gasteiger partial charge on any atom is 0.272 e. The molecule has 0 radical (unpaired) electrons. The van der Waals surface area contributed by atoms with E-state index in [1.807, 2.05) is 19.1 Å². The van der Waals surface area contributed by atoms with Crippen LogP contribution in [0.25, 0.3) is 0 Å². The van der Waals surface area contributed by atoms with Crippen LogP contribution in [0.5, 0.6) is 0 Å². The van der Waals surface area contributed by atoms with Crippen molar-refractivity contribution in [3.05, 3.63) is 51.8 Å². The number of fused-ring (bicyclic) bond motifs is 1. The zero-order valence-corrected chi connectivity index (χ0v) is 19.4. The summed E-state index contributed by atoms with van der Waals surface area (Å²) in [6.45, 7) is 2.70. The maximum atomic E-state index is 13.1. The molecule has 0 bridgehead atoms. The van der Waals surface area contributed by atoms with E-state index in [2.05, 4.69) is 15.5 Å². The third-order valence-corrected chi connectivity index (χ3v) is 10.7. The molecule has 2 heterocycles. The van der Waals surface area contributed by atoms with E-state index in [0.29, 0.717) is 55.8 Å². The molecule has 1 aromatic heterocycles. The molecule has 0 atom stereocenters. The summed E-state index contributed by atoms with van der Waals surface area (Å²) >= 11 is 5.88. The summed E-state index contributed by atoms with van der Waals surface area (Å²) in [5.41, 5.74) is 1.97. The molecule has 1 aliphatic heterocycles. The fraction of sp³-hybridized carbons (Fsp3) is 0.500. The number of hydrogen-bond acceptors (Lipinski definition) is 5. The number of aromatic nitrogens is 2. The summed E-state index contributed by atoms with van der Waals surface area (Å²) in [6.07, 6.45) is 3.05. The third kappa shape index (κ3) is 3.42. The highest BCUT2D eigenvalue weighted by Gasteiger charge is 2.65. The van der Waals surface area contributed by atoms with Gasteiger partial charge in [0.2, 0.25) is 0 Å². The van der Waals surface area contributed by atoms with Gasteiger partial charge in [-0.25, -0.2) is 8.42 Å². The Labute approximate surface area is 191 Å². The fourth-order valence-corrected chi connectivity index (χ4v) is 7.24. The number of rotatable bonds is 7. The number of sulfone groups is 1. The van der Waals surface area contributed by atoms with Crippen LogP contribution in [0.1, 0.15) is 64.7 Å². The number of carbonyl (C=O) groups excluding carboxylic acids is 2. The van der Waals surface area contributed by atoms with Gasteiger partial charge >= 0.3 is 0 Å². The standard InChI is InChI=1S/C22H25ClN4O4S/c1-21(7-8-21)32(30,31)22(9-10-22)13-27-11-6-16-17(25-26-18(16)20(27)29)19(28)24-12-14-2-4-15(23)5-3-14/h2-5H,6-13H2,1H3,(H,24,28)(H,25,26). The van der Waals surface area contributed by atoms with E-state index in [0.717, 1.165) is 5.56 Å². The first-order valence-electron chi connectivity index (χ1n) is 10.8. The number of nitrogens with one attached hydrogen (secondary N) is 2. The number of amides is 2. The van der Waals surface area contributed by atoms with Gasteiger partial charge in [-0.2, -0.15) is 5.10 Å². The van der Waals surface area contributed by atoms with Crippen molar-refractivity contribution >= 4 is 33.3 Å². The number of nitrogens with zero attached hydrogens (tertiary/aromatic N) is 2. The van der Waals surface area contributed by atoms with Gasteiger partial charge in [-0.1, -0.05) is 23.7 Å². The van der Waals surface area contributed by atoms with E-state index in [-0.39, 0.29) is 29.7 Å². The number of hydrogen-bond donors (Lipinski definition) is 2. The van der Waals surface area contributed by atoms with Gasteiger partial charge in [0.15, 0.2) is 15.5 Å². The lowest BCUT2D eigenvalue weighted by Gasteiger charge is -2.31.